The van der Waals surface area contributed by atoms with E-state index in [9.17, 15) is 9.59 Å². The van der Waals surface area contributed by atoms with Gasteiger partial charge in [-0.1, -0.05) is 0 Å². The van der Waals surface area contributed by atoms with E-state index in [1.165, 1.54) is 12.3 Å². The van der Waals surface area contributed by atoms with Gasteiger partial charge in [-0.15, -0.1) is 0 Å². The number of hydrogen-bond donors (Lipinski definition) is 0. The van der Waals surface area contributed by atoms with Crippen molar-refractivity contribution in [3.05, 3.63) is 26.2 Å². The molecular weight excluding hydrogens is 323 g/mol. The lowest BCUT2D eigenvalue weighted by Gasteiger charge is -2.16. The number of nitrogens with zero attached hydrogens (tertiary/aromatic N) is 2. The SMILES string of the molecule is CC(C)(C)C(=O)OCn1ncc(I)cc1=O. The lowest BCUT2D eigenvalue weighted by molar-refractivity contribution is -0.157. The van der Waals surface area contributed by atoms with Gasteiger partial charge in [-0.3, -0.25) is 9.59 Å². The van der Waals surface area contributed by atoms with E-state index >= 15 is 0 Å². The summed E-state index contributed by atoms with van der Waals surface area (Å²) >= 11 is 1.99. The van der Waals surface area contributed by atoms with Gasteiger partial charge in [0.25, 0.3) is 5.56 Å². The molecule has 1 heterocycles. The Morgan fingerprint density at radius 2 is 2.19 bits per heavy atom. The molecular formula is C10H13IN2O3. The van der Waals surface area contributed by atoms with Gasteiger partial charge >= 0.3 is 5.97 Å². The number of rotatable bonds is 2. The maximum atomic E-state index is 11.4. The second-order valence-corrected chi connectivity index (χ2v) is 5.57. The van der Waals surface area contributed by atoms with Gasteiger partial charge in [0.15, 0.2) is 6.73 Å². The summed E-state index contributed by atoms with van der Waals surface area (Å²) in [7, 11) is 0. The van der Waals surface area contributed by atoms with Gasteiger partial charge in [0.2, 0.25) is 0 Å². The van der Waals surface area contributed by atoms with Crippen LogP contribution in [0.15, 0.2) is 17.1 Å². The first-order valence-corrected chi connectivity index (χ1v) is 5.78. The molecule has 0 amide bonds. The summed E-state index contributed by atoms with van der Waals surface area (Å²) in [5.41, 5.74) is -0.860. The maximum absolute atomic E-state index is 11.4. The highest BCUT2D eigenvalue weighted by molar-refractivity contribution is 14.1. The standard InChI is InChI=1S/C10H13IN2O3/c1-10(2,3)9(15)16-6-13-8(14)4-7(11)5-12-13/h4-5H,6H2,1-3H3. The van der Waals surface area contributed by atoms with E-state index in [0.29, 0.717) is 0 Å². The first-order valence-electron chi connectivity index (χ1n) is 4.70. The number of ether oxygens (including phenoxy) is 1. The molecule has 0 fully saturated rings. The van der Waals surface area contributed by atoms with Crippen LogP contribution in [0.2, 0.25) is 0 Å². The highest BCUT2D eigenvalue weighted by Crippen LogP contribution is 2.14. The van der Waals surface area contributed by atoms with Gasteiger partial charge in [-0.25, -0.2) is 0 Å². The number of esters is 1. The van der Waals surface area contributed by atoms with E-state index in [1.54, 1.807) is 20.8 Å². The average Bonchev–Trinajstić information content (AvgIpc) is 2.14. The van der Waals surface area contributed by atoms with Crippen LogP contribution in [0, 0.1) is 8.99 Å². The fourth-order valence-corrected chi connectivity index (χ4v) is 1.24. The third kappa shape index (κ3) is 3.58. The van der Waals surface area contributed by atoms with Crippen molar-refractivity contribution in [2.24, 2.45) is 5.41 Å². The molecule has 6 heteroatoms. The second kappa shape index (κ2) is 4.94. The van der Waals surface area contributed by atoms with Crippen LogP contribution in [-0.4, -0.2) is 15.7 Å². The van der Waals surface area contributed by atoms with Crippen LogP contribution in [-0.2, 0) is 16.3 Å². The molecule has 0 aliphatic heterocycles. The molecule has 0 aliphatic carbocycles. The molecule has 88 valence electrons. The van der Waals surface area contributed by atoms with Gasteiger partial charge in [-0.2, -0.15) is 9.78 Å². The molecule has 0 unspecified atom stereocenters. The van der Waals surface area contributed by atoms with Crippen LogP contribution in [0.4, 0.5) is 0 Å². The third-order valence-corrected chi connectivity index (χ3v) is 2.36. The number of halogens is 1. The Morgan fingerprint density at radius 3 is 2.69 bits per heavy atom. The van der Waals surface area contributed by atoms with Gasteiger partial charge in [0.1, 0.15) is 0 Å². The molecule has 0 radical (unpaired) electrons. The molecule has 1 aromatic rings. The average molecular weight is 336 g/mol. The van der Waals surface area contributed by atoms with Crippen molar-refractivity contribution < 1.29 is 9.53 Å². The van der Waals surface area contributed by atoms with Crippen LogP contribution >= 0.6 is 22.6 Å². The fourth-order valence-electron chi connectivity index (χ4n) is 0.845. The first-order chi connectivity index (χ1) is 7.30. The van der Waals surface area contributed by atoms with E-state index in [2.05, 4.69) is 5.10 Å². The van der Waals surface area contributed by atoms with E-state index < -0.39 is 5.41 Å². The van der Waals surface area contributed by atoms with E-state index in [1.807, 2.05) is 22.6 Å². The fraction of sp³-hybridized carbons (Fsp3) is 0.500. The van der Waals surface area contributed by atoms with Crippen LogP contribution < -0.4 is 5.56 Å². The summed E-state index contributed by atoms with van der Waals surface area (Å²) in [6.45, 7) is 5.10. The van der Waals surface area contributed by atoms with Crippen LogP contribution in [0.25, 0.3) is 0 Å². The van der Waals surface area contributed by atoms with E-state index in [-0.39, 0.29) is 18.3 Å². The Kier molecular flexibility index (Phi) is 4.06. The van der Waals surface area contributed by atoms with Crippen molar-refractivity contribution >= 4 is 28.6 Å². The van der Waals surface area contributed by atoms with Crippen molar-refractivity contribution in [1.29, 1.82) is 0 Å². The second-order valence-electron chi connectivity index (χ2n) is 4.32. The first kappa shape index (κ1) is 13.1. The van der Waals surface area contributed by atoms with Gasteiger partial charge in [0.05, 0.1) is 11.6 Å². The van der Waals surface area contributed by atoms with Crippen LogP contribution in [0.3, 0.4) is 0 Å². The molecule has 0 bridgehead atoms. The molecule has 1 rings (SSSR count). The zero-order chi connectivity index (χ0) is 12.3. The third-order valence-electron chi connectivity index (χ3n) is 1.77. The van der Waals surface area contributed by atoms with E-state index in [0.717, 1.165) is 8.25 Å². The summed E-state index contributed by atoms with van der Waals surface area (Å²) < 4.78 is 6.83. The van der Waals surface area contributed by atoms with Crippen LogP contribution in [0.5, 0.6) is 0 Å². The van der Waals surface area contributed by atoms with Crippen molar-refractivity contribution in [2.45, 2.75) is 27.5 Å². The molecule has 0 saturated heterocycles. The Bertz CT molecular complexity index is 448. The molecule has 0 atom stereocenters. The van der Waals surface area contributed by atoms with Gasteiger partial charge in [-0.05, 0) is 43.4 Å². The molecule has 0 N–H and O–H groups in total. The van der Waals surface area contributed by atoms with Gasteiger partial charge in [0, 0.05) is 9.64 Å². The largest absolute Gasteiger partial charge is 0.442 e. The van der Waals surface area contributed by atoms with Gasteiger partial charge < -0.3 is 4.74 Å². The molecule has 0 spiro atoms. The molecule has 5 nitrogen and oxygen atoms in total. The molecule has 0 aliphatic rings. The normalized spacial score (nSPS) is 11.2. The summed E-state index contributed by atoms with van der Waals surface area (Å²) in [6, 6.07) is 1.43. The smallest absolute Gasteiger partial charge is 0.313 e. The minimum atomic E-state index is -0.577. The quantitative estimate of drug-likeness (QED) is 0.605. The zero-order valence-corrected chi connectivity index (χ0v) is 11.5. The Balaban J connectivity index is 2.69. The van der Waals surface area contributed by atoms with E-state index in [4.69, 9.17) is 4.74 Å². The number of aromatic nitrogens is 2. The number of carbonyl (C=O) groups is 1. The van der Waals surface area contributed by atoms with Crippen molar-refractivity contribution in [1.82, 2.24) is 9.78 Å². The Morgan fingerprint density at radius 1 is 1.56 bits per heavy atom. The lowest BCUT2D eigenvalue weighted by atomic mass is 9.98. The number of carbonyl (C=O) groups excluding carboxylic acids is 1. The maximum Gasteiger partial charge on any atom is 0.313 e. The van der Waals surface area contributed by atoms with Crippen molar-refractivity contribution in [3.8, 4) is 0 Å². The van der Waals surface area contributed by atoms with Crippen molar-refractivity contribution in [2.75, 3.05) is 0 Å². The highest BCUT2D eigenvalue weighted by atomic mass is 127. The summed E-state index contributed by atoms with van der Waals surface area (Å²) in [6.07, 6.45) is 1.53. The predicted octanol–water partition coefficient (Wildman–Crippen LogP) is 1.39. The van der Waals surface area contributed by atoms with Crippen molar-refractivity contribution in [3.63, 3.8) is 0 Å². The lowest BCUT2D eigenvalue weighted by Crippen LogP contribution is -2.29. The molecule has 0 saturated carbocycles. The molecule has 16 heavy (non-hydrogen) atoms. The minimum Gasteiger partial charge on any atom is -0.442 e. The summed E-state index contributed by atoms with van der Waals surface area (Å²) in [5, 5.41) is 3.85. The predicted molar refractivity (Wildman–Crippen MR) is 66.8 cm³/mol. The molecule has 1 aromatic heterocycles. The zero-order valence-electron chi connectivity index (χ0n) is 9.36. The molecule has 0 aromatic carbocycles. The topological polar surface area (TPSA) is 61.2 Å². The van der Waals surface area contributed by atoms with Crippen LogP contribution in [0.1, 0.15) is 20.8 Å². The monoisotopic (exact) mass is 336 g/mol. The minimum absolute atomic E-state index is 0.147. The number of hydrogen-bond acceptors (Lipinski definition) is 4. The summed E-state index contributed by atoms with van der Waals surface area (Å²) in [4.78, 5) is 22.9. The summed E-state index contributed by atoms with van der Waals surface area (Å²) in [5.74, 6) is -0.361. The highest BCUT2D eigenvalue weighted by Gasteiger charge is 2.23. The Labute approximate surface area is 107 Å². The Hall–Kier alpha value is -0.920.